The number of carbonyl (C=O) groups is 5. The van der Waals surface area contributed by atoms with Gasteiger partial charge >= 0.3 is 12.0 Å². The van der Waals surface area contributed by atoms with E-state index in [1.54, 1.807) is 37.3 Å². The third kappa shape index (κ3) is 5.47. The van der Waals surface area contributed by atoms with Crippen LogP contribution in [0.1, 0.15) is 51.5 Å². The van der Waals surface area contributed by atoms with Crippen LogP contribution in [0.2, 0.25) is 0 Å². The van der Waals surface area contributed by atoms with Gasteiger partial charge < -0.3 is 26.4 Å². The fourth-order valence-electron chi connectivity index (χ4n) is 4.28. The molecule has 2 heterocycles. The molecule has 2 aromatic rings. The van der Waals surface area contributed by atoms with E-state index in [0.717, 1.165) is 11.1 Å². The average molecular weight is 516 g/mol. The van der Waals surface area contributed by atoms with Crippen LogP contribution in [0.4, 0.5) is 10.5 Å². The van der Waals surface area contributed by atoms with E-state index < -0.39 is 30.0 Å². The maximum Gasteiger partial charge on any atom is 0.325 e. The summed E-state index contributed by atoms with van der Waals surface area (Å²) >= 11 is 0. The molecule has 12 heteroatoms. The van der Waals surface area contributed by atoms with Gasteiger partial charge in [0.05, 0.1) is 0 Å². The van der Waals surface area contributed by atoms with Gasteiger partial charge in [-0.15, -0.1) is 12.4 Å². The molecular formula is C24H26ClN5O6. The minimum Gasteiger partial charge on any atom is -0.480 e. The number of rotatable bonds is 6. The van der Waals surface area contributed by atoms with Gasteiger partial charge in [0, 0.05) is 30.8 Å². The largest absolute Gasteiger partial charge is 0.480 e. The molecule has 5 amide bonds. The molecule has 11 nitrogen and oxygen atoms in total. The Morgan fingerprint density at radius 2 is 1.94 bits per heavy atom. The lowest BCUT2D eigenvalue weighted by Gasteiger charge is -2.29. The van der Waals surface area contributed by atoms with Crippen molar-refractivity contribution in [2.45, 2.75) is 44.9 Å². The van der Waals surface area contributed by atoms with Crippen molar-refractivity contribution in [3.05, 3.63) is 64.2 Å². The first kappa shape index (κ1) is 26.6. The highest BCUT2D eigenvalue weighted by molar-refractivity contribution is 6.05. The van der Waals surface area contributed by atoms with Gasteiger partial charge in [0.2, 0.25) is 11.8 Å². The van der Waals surface area contributed by atoms with E-state index in [0.29, 0.717) is 22.4 Å². The van der Waals surface area contributed by atoms with Gasteiger partial charge in [-0.1, -0.05) is 18.2 Å². The van der Waals surface area contributed by atoms with E-state index in [2.05, 4.69) is 16.0 Å². The maximum absolute atomic E-state index is 12.8. The van der Waals surface area contributed by atoms with Crippen molar-refractivity contribution in [3.63, 3.8) is 0 Å². The number of piperidine rings is 1. The van der Waals surface area contributed by atoms with E-state index in [4.69, 9.17) is 10.8 Å². The summed E-state index contributed by atoms with van der Waals surface area (Å²) < 4.78 is 0. The molecule has 0 radical (unpaired) electrons. The number of nitrogens with two attached hydrogens (primary N) is 1. The fraction of sp³-hybridized carbons (Fsp3) is 0.292. The molecule has 2 atom stereocenters. The zero-order valence-corrected chi connectivity index (χ0v) is 20.2. The van der Waals surface area contributed by atoms with Crippen LogP contribution in [0.15, 0.2) is 36.4 Å². The normalized spacial score (nSPS) is 17.6. The molecule has 0 aromatic heterocycles. The predicted octanol–water partition coefficient (Wildman–Crippen LogP) is 1.58. The molecule has 36 heavy (non-hydrogen) atoms. The van der Waals surface area contributed by atoms with E-state index >= 15 is 0 Å². The Morgan fingerprint density at radius 3 is 2.64 bits per heavy atom. The average Bonchev–Trinajstić information content (AvgIpc) is 3.14. The number of carbonyl (C=O) groups excluding carboxylic acids is 4. The van der Waals surface area contributed by atoms with Crippen molar-refractivity contribution in [1.82, 2.24) is 15.5 Å². The zero-order chi connectivity index (χ0) is 25.3. The number of carboxylic acids is 1. The number of nitrogens with one attached hydrogen (secondary N) is 3. The molecule has 0 saturated carbocycles. The van der Waals surface area contributed by atoms with Crippen molar-refractivity contribution in [2.24, 2.45) is 5.73 Å². The summed E-state index contributed by atoms with van der Waals surface area (Å²) in [5.41, 5.74) is 9.20. The van der Waals surface area contributed by atoms with Crippen LogP contribution >= 0.6 is 12.4 Å². The second-order valence-corrected chi connectivity index (χ2v) is 8.59. The van der Waals surface area contributed by atoms with Crippen LogP contribution in [0.5, 0.6) is 0 Å². The Labute approximate surface area is 212 Å². The highest BCUT2D eigenvalue weighted by atomic mass is 35.5. The highest BCUT2D eigenvalue weighted by Gasteiger charge is 2.39. The first-order chi connectivity index (χ1) is 16.6. The zero-order valence-electron chi connectivity index (χ0n) is 19.4. The summed E-state index contributed by atoms with van der Waals surface area (Å²) in [6.07, 6.45) is 0.475. The molecule has 0 bridgehead atoms. The summed E-state index contributed by atoms with van der Waals surface area (Å²) in [4.78, 5) is 61.4. The van der Waals surface area contributed by atoms with Gasteiger partial charge in [0.1, 0.15) is 12.1 Å². The number of fused-ring (bicyclic) bond motifs is 1. The second-order valence-electron chi connectivity index (χ2n) is 8.59. The number of anilines is 1. The summed E-state index contributed by atoms with van der Waals surface area (Å²) in [7, 11) is 0. The number of aryl methyl sites for hydroxylation is 1. The molecule has 2 unspecified atom stereocenters. The molecule has 1 saturated heterocycles. The number of amides is 5. The molecule has 0 aliphatic carbocycles. The Balaban J connectivity index is 0.00000361. The quantitative estimate of drug-likeness (QED) is 0.363. The van der Waals surface area contributed by atoms with E-state index in [9.17, 15) is 24.0 Å². The Bertz CT molecular complexity index is 1250. The smallest absolute Gasteiger partial charge is 0.325 e. The molecule has 6 N–H and O–H groups in total. The SMILES string of the molecule is Cc1ccc(NC(=O)NCc2ccc3c(c2)CN(C2CCC(=O)NC2=O)C3=O)cc1C(N)C(=O)O.Cl. The summed E-state index contributed by atoms with van der Waals surface area (Å²) in [5.74, 6) is -2.24. The molecule has 2 aromatic carbocycles. The van der Waals surface area contributed by atoms with Gasteiger partial charge in [-0.05, 0) is 53.8 Å². The summed E-state index contributed by atoms with van der Waals surface area (Å²) in [5, 5.41) is 16.8. The van der Waals surface area contributed by atoms with Crippen LogP contribution in [-0.4, -0.2) is 45.8 Å². The molecule has 2 aliphatic heterocycles. The number of nitrogens with zero attached hydrogens (tertiary/aromatic N) is 1. The first-order valence-corrected chi connectivity index (χ1v) is 11.0. The van der Waals surface area contributed by atoms with Gasteiger partial charge in [-0.3, -0.25) is 24.5 Å². The van der Waals surface area contributed by atoms with Crippen LogP contribution in [-0.2, 0) is 27.5 Å². The van der Waals surface area contributed by atoms with Gasteiger partial charge in [-0.2, -0.15) is 0 Å². The Kier molecular flexibility index (Phi) is 7.96. The van der Waals surface area contributed by atoms with Crippen molar-refractivity contribution in [1.29, 1.82) is 0 Å². The standard InChI is InChI=1S/C24H25N5O6.ClH/c1-12-2-4-15(9-17(12)20(25)23(33)34)27-24(35)26-10-13-3-5-16-14(8-13)11-29(22(16)32)18-6-7-19(30)28-21(18)31;/h2-5,8-9,18,20H,6-7,10-11,25H2,1H3,(H,33,34)(H2,26,27,35)(H,28,30,31);1H. The van der Waals surface area contributed by atoms with E-state index in [-0.39, 0.29) is 50.2 Å². The van der Waals surface area contributed by atoms with Crippen molar-refractivity contribution >= 4 is 47.8 Å². The Morgan fingerprint density at radius 1 is 1.19 bits per heavy atom. The summed E-state index contributed by atoms with van der Waals surface area (Å²) in [6, 6.07) is 7.66. The highest BCUT2D eigenvalue weighted by Crippen LogP contribution is 2.28. The minimum atomic E-state index is -1.20. The second kappa shape index (κ2) is 10.8. The van der Waals surface area contributed by atoms with Crippen LogP contribution in [0.3, 0.4) is 0 Å². The minimum absolute atomic E-state index is 0. The number of carboxylic acid groups (broad SMARTS) is 1. The summed E-state index contributed by atoms with van der Waals surface area (Å²) in [6.45, 7) is 2.16. The number of benzene rings is 2. The molecule has 0 spiro atoms. The molecule has 4 rings (SSSR count). The van der Waals surface area contributed by atoms with Crippen molar-refractivity contribution < 1.29 is 29.1 Å². The molecule has 1 fully saturated rings. The van der Waals surface area contributed by atoms with Gasteiger partial charge in [-0.25, -0.2) is 4.79 Å². The lowest BCUT2D eigenvalue weighted by atomic mass is 10.0. The number of hydrogen-bond acceptors (Lipinski definition) is 6. The molecular weight excluding hydrogens is 490 g/mol. The van der Waals surface area contributed by atoms with Crippen LogP contribution < -0.4 is 21.7 Å². The van der Waals surface area contributed by atoms with Crippen molar-refractivity contribution in [2.75, 3.05) is 5.32 Å². The number of urea groups is 1. The van der Waals surface area contributed by atoms with Crippen LogP contribution in [0, 0.1) is 6.92 Å². The topological polar surface area (TPSA) is 171 Å². The Hall–Kier alpha value is -3.96. The molecule has 190 valence electrons. The number of imide groups is 1. The number of hydrogen-bond donors (Lipinski definition) is 5. The monoisotopic (exact) mass is 515 g/mol. The lowest BCUT2D eigenvalue weighted by Crippen LogP contribution is -2.52. The lowest BCUT2D eigenvalue weighted by molar-refractivity contribution is -0.139. The number of halogens is 1. The van der Waals surface area contributed by atoms with E-state index in [1.807, 2.05) is 0 Å². The molecule has 2 aliphatic rings. The number of aliphatic carboxylic acids is 1. The van der Waals surface area contributed by atoms with Crippen molar-refractivity contribution in [3.8, 4) is 0 Å². The van der Waals surface area contributed by atoms with Crippen LogP contribution in [0.25, 0.3) is 0 Å². The maximum atomic E-state index is 12.8. The van der Waals surface area contributed by atoms with E-state index in [1.165, 1.54) is 11.0 Å². The fourth-order valence-corrected chi connectivity index (χ4v) is 4.28. The van der Waals surface area contributed by atoms with Gasteiger partial charge in [0.15, 0.2) is 0 Å². The first-order valence-electron chi connectivity index (χ1n) is 11.0. The third-order valence-corrected chi connectivity index (χ3v) is 6.18. The predicted molar refractivity (Wildman–Crippen MR) is 131 cm³/mol. The van der Waals surface area contributed by atoms with Gasteiger partial charge in [0.25, 0.3) is 5.91 Å². The third-order valence-electron chi connectivity index (χ3n) is 6.18.